The fraction of sp³-hybridized carbons (Fsp3) is 0.100. The molecule has 1 aromatic heterocycles. The van der Waals surface area contributed by atoms with Crippen LogP contribution in [0.4, 0.5) is 0 Å². The van der Waals surface area contributed by atoms with E-state index in [1.807, 2.05) is 0 Å². The van der Waals surface area contributed by atoms with Crippen molar-refractivity contribution in [3.05, 3.63) is 51.8 Å². The highest BCUT2D eigenvalue weighted by molar-refractivity contribution is 6.30. The van der Waals surface area contributed by atoms with Crippen molar-refractivity contribution in [2.24, 2.45) is 0 Å². The number of benzene rings is 1. The molecule has 0 saturated heterocycles. The standard InChI is InChI=1S/C10H8ClNO2/c1-7-6-12(10(13)14-7)9-4-2-8(11)3-5-9/h2-6H,1H3. The van der Waals surface area contributed by atoms with Gasteiger partial charge in [-0.3, -0.25) is 0 Å². The molecule has 72 valence electrons. The average Bonchev–Trinajstić information content (AvgIpc) is 2.47. The number of halogens is 1. The van der Waals surface area contributed by atoms with Gasteiger partial charge in [-0.1, -0.05) is 11.6 Å². The summed E-state index contributed by atoms with van der Waals surface area (Å²) in [6, 6.07) is 6.98. The van der Waals surface area contributed by atoms with E-state index in [1.54, 1.807) is 37.4 Å². The van der Waals surface area contributed by atoms with Crippen molar-refractivity contribution in [3.63, 3.8) is 0 Å². The Morgan fingerprint density at radius 1 is 1.29 bits per heavy atom. The van der Waals surface area contributed by atoms with E-state index in [9.17, 15) is 4.79 Å². The summed E-state index contributed by atoms with van der Waals surface area (Å²) < 4.78 is 6.31. The lowest BCUT2D eigenvalue weighted by atomic mass is 10.3. The Morgan fingerprint density at radius 2 is 1.93 bits per heavy atom. The second kappa shape index (κ2) is 3.35. The van der Waals surface area contributed by atoms with E-state index in [0.29, 0.717) is 10.8 Å². The minimum atomic E-state index is -0.384. The summed E-state index contributed by atoms with van der Waals surface area (Å²) in [5, 5.41) is 0.641. The lowest BCUT2D eigenvalue weighted by Gasteiger charge is -1.98. The van der Waals surface area contributed by atoms with Gasteiger partial charge in [0.15, 0.2) is 0 Å². The van der Waals surface area contributed by atoms with Crippen LogP contribution < -0.4 is 5.76 Å². The lowest BCUT2D eigenvalue weighted by Crippen LogP contribution is -2.10. The van der Waals surface area contributed by atoms with Crippen molar-refractivity contribution in [1.82, 2.24) is 4.57 Å². The smallest absolute Gasteiger partial charge is 0.413 e. The van der Waals surface area contributed by atoms with Gasteiger partial charge in [0.1, 0.15) is 5.76 Å². The number of rotatable bonds is 1. The van der Waals surface area contributed by atoms with Gasteiger partial charge in [-0.15, -0.1) is 0 Å². The molecule has 0 aliphatic rings. The third-order valence-electron chi connectivity index (χ3n) is 1.86. The second-order valence-corrected chi connectivity index (χ2v) is 3.39. The largest absolute Gasteiger partial charge is 0.423 e. The first-order valence-corrected chi connectivity index (χ1v) is 4.49. The van der Waals surface area contributed by atoms with Crippen LogP contribution in [0.1, 0.15) is 5.76 Å². The fourth-order valence-electron chi connectivity index (χ4n) is 1.23. The maximum Gasteiger partial charge on any atom is 0.423 e. The molecule has 1 heterocycles. The molecule has 14 heavy (non-hydrogen) atoms. The molecule has 1 aromatic carbocycles. The van der Waals surface area contributed by atoms with Crippen LogP contribution in [0.3, 0.4) is 0 Å². The van der Waals surface area contributed by atoms with E-state index < -0.39 is 0 Å². The average molecular weight is 210 g/mol. The van der Waals surface area contributed by atoms with Gasteiger partial charge >= 0.3 is 5.76 Å². The number of hydrogen-bond acceptors (Lipinski definition) is 2. The Balaban J connectivity index is 2.54. The molecule has 0 N–H and O–H groups in total. The molecule has 0 spiro atoms. The Morgan fingerprint density at radius 3 is 2.43 bits per heavy atom. The van der Waals surface area contributed by atoms with Crippen molar-refractivity contribution >= 4 is 11.6 Å². The van der Waals surface area contributed by atoms with Gasteiger partial charge in [-0.25, -0.2) is 9.36 Å². The molecular formula is C10H8ClNO2. The van der Waals surface area contributed by atoms with Crippen LogP contribution in [0.25, 0.3) is 5.69 Å². The number of aryl methyl sites for hydroxylation is 1. The van der Waals surface area contributed by atoms with Crippen LogP contribution >= 0.6 is 11.6 Å². The normalized spacial score (nSPS) is 10.4. The molecule has 2 rings (SSSR count). The van der Waals surface area contributed by atoms with Crippen molar-refractivity contribution in [1.29, 1.82) is 0 Å². The molecule has 0 bridgehead atoms. The quantitative estimate of drug-likeness (QED) is 0.723. The molecule has 3 nitrogen and oxygen atoms in total. The predicted molar refractivity (Wildman–Crippen MR) is 54.1 cm³/mol. The highest BCUT2D eigenvalue weighted by atomic mass is 35.5. The van der Waals surface area contributed by atoms with Crippen molar-refractivity contribution < 1.29 is 4.42 Å². The Labute approximate surface area is 85.5 Å². The zero-order valence-electron chi connectivity index (χ0n) is 7.53. The van der Waals surface area contributed by atoms with Crippen molar-refractivity contribution in [3.8, 4) is 5.69 Å². The first-order chi connectivity index (χ1) is 6.66. The summed E-state index contributed by atoms with van der Waals surface area (Å²) in [5.41, 5.74) is 0.747. The Hall–Kier alpha value is -1.48. The highest BCUT2D eigenvalue weighted by Crippen LogP contribution is 2.12. The molecule has 0 atom stereocenters. The molecule has 0 aliphatic heterocycles. The van der Waals surface area contributed by atoms with Crippen molar-refractivity contribution in [2.75, 3.05) is 0 Å². The summed E-state index contributed by atoms with van der Waals surface area (Å²) in [7, 11) is 0. The van der Waals surface area contributed by atoms with Gasteiger partial charge in [0, 0.05) is 5.02 Å². The van der Waals surface area contributed by atoms with Crippen molar-refractivity contribution in [2.45, 2.75) is 6.92 Å². The van der Waals surface area contributed by atoms with Gasteiger partial charge in [0.2, 0.25) is 0 Å². The number of oxazole rings is 1. The molecule has 0 radical (unpaired) electrons. The summed E-state index contributed by atoms with van der Waals surface area (Å²) in [6.07, 6.45) is 1.64. The predicted octanol–water partition coefficient (Wildman–Crippen LogP) is 2.39. The van der Waals surface area contributed by atoms with E-state index in [2.05, 4.69) is 0 Å². The van der Waals surface area contributed by atoms with Crippen LogP contribution in [-0.2, 0) is 0 Å². The molecule has 0 amide bonds. The summed E-state index contributed by atoms with van der Waals surface area (Å²) >= 11 is 5.73. The first kappa shape index (κ1) is 9.09. The zero-order valence-corrected chi connectivity index (χ0v) is 8.28. The minimum absolute atomic E-state index is 0.384. The number of hydrogen-bond donors (Lipinski definition) is 0. The summed E-state index contributed by atoms with van der Waals surface area (Å²) in [4.78, 5) is 11.3. The summed E-state index contributed by atoms with van der Waals surface area (Å²) in [5.74, 6) is 0.203. The fourth-order valence-corrected chi connectivity index (χ4v) is 1.36. The minimum Gasteiger partial charge on any atom is -0.413 e. The third-order valence-corrected chi connectivity index (χ3v) is 2.11. The van der Waals surface area contributed by atoms with Gasteiger partial charge < -0.3 is 4.42 Å². The molecule has 0 unspecified atom stereocenters. The van der Waals surface area contributed by atoms with Crippen LogP contribution in [0, 0.1) is 6.92 Å². The van der Waals surface area contributed by atoms with Gasteiger partial charge in [-0.2, -0.15) is 0 Å². The van der Waals surface area contributed by atoms with E-state index in [-0.39, 0.29) is 5.76 Å². The van der Waals surface area contributed by atoms with Crippen LogP contribution in [0.2, 0.25) is 5.02 Å². The molecule has 0 aliphatic carbocycles. The molecule has 0 fully saturated rings. The Bertz CT molecular complexity index is 496. The monoisotopic (exact) mass is 209 g/mol. The maximum absolute atomic E-state index is 11.3. The highest BCUT2D eigenvalue weighted by Gasteiger charge is 2.03. The summed E-state index contributed by atoms with van der Waals surface area (Å²) in [6.45, 7) is 1.73. The van der Waals surface area contributed by atoms with E-state index in [0.717, 1.165) is 5.69 Å². The molecule has 4 heteroatoms. The Kier molecular flexibility index (Phi) is 2.17. The van der Waals surface area contributed by atoms with Crippen LogP contribution in [0.15, 0.2) is 39.7 Å². The molecule has 0 saturated carbocycles. The molecule has 2 aromatic rings. The van der Waals surface area contributed by atoms with Gasteiger partial charge in [0.05, 0.1) is 11.9 Å². The van der Waals surface area contributed by atoms with Crippen LogP contribution in [0.5, 0.6) is 0 Å². The van der Waals surface area contributed by atoms with Gasteiger partial charge in [0.25, 0.3) is 0 Å². The van der Waals surface area contributed by atoms with E-state index in [1.165, 1.54) is 4.57 Å². The third kappa shape index (κ3) is 1.59. The molecular weight excluding hydrogens is 202 g/mol. The van der Waals surface area contributed by atoms with Gasteiger partial charge in [-0.05, 0) is 31.2 Å². The topological polar surface area (TPSA) is 35.1 Å². The van der Waals surface area contributed by atoms with E-state index >= 15 is 0 Å². The maximum atomic E-state index is 11.3. The zero-order chi connectivity index (χ0) is 10.1. The van der Waals surface area contributed by atoms with Crippen LogP contribution in [-0.4, -0.2) is 4.57 Å². The number of nitrogens with zero attached hydrogens (tertiary/aromatic N) is 1. The SMILES string of the molecule is Cc1cn(-c2ccc(Cl)cc2)c(=O)o1. The first-order valence-electron chi connectivity index (χ1n) is 4.12. The number of aromatic nitrogens is 1. The van der Waals surface area contributed by atoms with E-state index in [4.69, 9.17) is 16.0 Å². The lowest BCUT2D eigenvalue weighted by molar-refractivity contribution is 0.479. The second-order valence-electron chi connectivity index (χ2n) is 2.95.